The highest BCUT2D eigenvalue weighted by Crippen LogP contribution is 2.52. The minimum atomic E-state index is -0.861. The summed E-state index contributed by atoms with van der Waals surface area (Å²) in [6, 6.07) is -0.628. The van der Waals surface area contributed by atoms with Crippen molar-refractivity contribution in [3.8, 4) is 0 Å². The zero-order valence-electron chi connectivity index (χ0n) is 15.9. The summed E-state index contributed by atoms with van der Waals surface area (Å²) < 4.78 is 5.84. The van der Waals surface area contributed by atoms with Gasteiger partial charge in [0.1, 0.15) is 12.1 Å². The van der Waals surface area contributed by atoms with Gasteiger partial charge in [-0.25, -0.2) is 0 Å². The van der Waals surface area contributed by atoms with E-state index >= 15 is 0 Å². The van der Waals surface area contributed by atoms with Crippen LogP contribution in [0.25, 0.3) is 0 Å². The van der Waals surface area contributed by atoms with Crippen LogP contribution in [-0.4, -0.2) is 35.7 Å². The van der Waals surface area contributed by atoms with Gasteiger partial charge in [0.2, 0.25) is 0 Å². The summed E-state index contributed by atoms with van der Waals surface area (Å²) in [5.41, 5.74) is 2.44. The number of nitrogens with one attached hydrogen (secondary N) is 1. The van der Waals surface area contributed by atoms with E-state index in [4.69, 9.17) is 4.74 Å². The Bertz CT molecular complexity index is 611. The van der Waals surface area contributed by atoms with Crippen molar-refractivity contribution in [1.29, 1.82) is 0 Å². The molecule has 0 aromatic rings. The Kier molecular flexibility index (Phi) is 5.56. The van der Waals surface area contributed by atoms with Crippen molar-refractivity contribution in [1.82, 2.24) is 5.32 Å². The van der Waals surface area contributed by atoms with Gasteiger partial charge in [-0.1, -0.05) is 38.2 Å². The Balaban J connectivity index is 1.73. The number of hydrogen-bond acceptors (Lipinski definition) is 4. The summed E-state index contributed by atoms with van der Waals surface area (Å²) in [6.07, 6.45) is 4.25. The standard InChI is InChI=1S/C21H31NO4/c1-11(2)9-17(20(23)24)22-10-16-15-8-5-12(3)14-7-6-13(4)18(14)19(15)26-21(16)25/h11,14-19,22H,3-10H2,1-2H3,(H,23,24)/t14-,15-,16-,17-,18-,19-/m0/s1. The molecule has 3 aliphatic rings. The molecule has 3 rings (SSSR count). The minimum absolute atomic E-state index is 0.116. The number of allylic oxidation sites excluding steroid dienone is 1. The largest absolute Gasteiger partial charge is 0.480 e. The van der Waals surface area contributed by atoms with E-state index in [0.717, 1.165) is 25.7 Å². The van der Waals surface area contributed by atoms with Crippen molar-refractivity contribution in [3.05, 3.63) is 24.3 Å². The Morgan fingerprint density at radius 3 is 2.62 bits per heavy atom. The lowest BCUT2D eigenvalue weighted by atomic mass is 9.79. The minimum Gasteiger partial charge on any atom is -0.480 e. The van der Waals surface area contributed by atoms with Crippen LogP contribution in [0.15, 0.2) is 24.3 Å². The van der Waals surface area contributed by atoms with E-state index in [0.29, 0.717) is 18.9 Å². The van der Waals surface area contributed by atoms with Gasteiger partial charge in [-0.2, -0.15) is 0 Å². The third kappa shape index (κ3) is 3.59. The summed E-state index contributed by atoms with van der Waals surface area (Å²) in [7, 11) is 0. The fourth-order valence-corrected chi connectivity index (χ4v) is 5.09. The van der Waals surface area contributed by atoms with Gasteiger partial charge in [-0.15, -0.1) is 0 Å². The molecule has 1 heterocycles. The quantitative estimate of drug-likeness (QED) is 0.561. The zero-order chi connectivity index (χ0) is 19.0. The van der Waals surface area contributed by atoms with Gasteiger partial charge in [0.15, 0.2) is 0 Å². The van der Waals surface area contributed by atoms with E-state index < -0.39 is 12.0 Å². The molecule has 5 nitrogen and oxygen atoms in total. The van der Waals surface area contributed by atoms with Crippen LogP contribution in [-0.2, 0) is 14.3 Å². The Morgan fingerprint density at radius 1 is 1.27 bits per heavy atom. The number of carboxylic acid groups (broad SMARTS) is 1. The number of esters is 1. The summed E-state index contributed by atoms with van der Waals surface area (Å²) in [4.78, 5) is 24.1. The van der Waals surface area contributed by atoms with Crippen molar-refractivity contribution in [2.75, 3.05) is 6.54 Å². The molecular weight excluding hydrogens is 330 g/mol. The topological polar surface area (TPSA) is 75.6 Å². The van der Waals surface area contributed by atoms with Crippen molar-refractivity contribution < 1.29 is 19.4 Å². The number of ether oxygens (including phenoxy) is 1. The molecule has 0 spiro atoms. The molecular formula is C21H31NO4. The molecule has 2 aliphatic carbocycles. The van der Waals surface area contributed by atoms with E-state index in [1.807, 2.05) is 13.8 Å². The number of carbonyl (C=O) groups is 2. The predicted octanol–water partition coefficient (Wildman–Crippen LogP) is 3.17. The first-order valence-electron chi connectivity index (χ1n) is 9.81. The number of rotatable bonds is 6. The van der Waals surface area contributed by atoms with Gasteiger partial charge in [0.25, 0.3) is 0 Å². The maximum Gasteiger partial charge on any atom is 0.320 e. The predicted molar refractivity (Wildman–Crippen MR) is 99.5 cm³/mol. The Hall–Kier alpha value is -1.62. The van der Waals surface area contributed by atoms with E-state index in [2.05, 4.69) is 18.5 Å². The summed E-state index contributed by atoms with van der Waals surface area (Å²) in [6.45, 7) is 12.9. The normalized spacial score (nSPS) is 35.0. The second-order valence-corrected chi connectivity index (χ2v) is 8.63. The lowest BCUT2D eigenvalue weighted by molar-refractivity contribution is -0.146. The lowest BCUT2D eigenvalue weighted by Crippen LogP contribution is -2.42. The summed E-state index contributed by atoms with van der Waals surface area (Å²) in [5.74, 6) is -0.374. The molecule has 26 heavy (non-hydrogen) atoms. The monoisotopic (exact) mass is 361 g/mol. The van der Waals surface area contributed by atoms with Crippen LogP contribution in [0.4, 0.5) is 0 Å². The van der Waals surface area contributed by atoms with Crippen LogP contribution in [0.1, 0.15) is 46.0 Å². The molecule has 1 saturated heterocycles. The first-order valence-corrected chi connectivity index (χ1v) is 9.81. The van der Waals surface area contributed by atoms with Crippen LogP contribution < -0.4 is 5.32 Å². The smallest absolute Gasteiger partial charge is 0.320 e. The first kappa shape index (κ1) is 19.2. The Labute approximate surface area is 155 Å². The first-order chi connectivity index (χ1) is 12.3. The molecule has 2 saturated carbocycles. The number of fused-ring (bicyclic) bond motifs is 3. The maximum absolute atomic E-state index is 12.6. The number of aliphatic carboxylic acids is 1. The molecule has 0 radical (unpaired) electrons. The van der Waals surface area contributed by atoms with E-state index in [1.165, 1.54) is 11.1 Å². The fraction of sp³-hybridized carbons (Fsp3) is 0.714. The van der Waals surface area contributed by atoms with Crippen LogP contribution in [0.2, 0.25) is 0 Å². The van der Waals surface area contributed by atoms with E-state index in [1.54, 1.807) is 0 Å². The van der Waals surface area contributed by atoms with Crippen molar-refractivity contribution >= 4 is 11.9 Å². The molecule has 2 N–H and O–H groups in total. The third-order valence-corrected chi connectivity index (χ3v) is 6.44. The van der Waals surface area contributed by atoms with Crippen LogP contribution in [0, 0.1) is 29.6 Å². The Morgan fingerprint density at radius 2 is 1.96 bits per heavy atom. The lowest BCUT2D eigenvalue weighted by Gasteiger charge is -2.27. The SMILES string of the molecule is C=C1CC[C@H]2C(=C)CC[C@@H]3[C@H](OC(=O)[C@H]3CN[C@@H](CC(C)C)C(=O)O)[C@@H]12. The summed E-state index contributed by atoms with van der Waals surface area (Å²) in [5, 5.41) is 12.5. The van der Waals surface area contributed by atoms with Gasteiger partial charge in [-0.05, 0) is 43.9 Å². The molecule has 3 fully saturated rings. The zero-order valence-corrected chi connectivity index (χ0v) is 15.9. The van der Waals surface area contributed by atoms with Crippen molar-refractivity contribution in [2.24, 2.45) is 29.6 Å². The van der Waals surface area contributed by atoms with Gasteiger partial charge < -0.3 is 15.2 Å². The summed E-state index contributed by atoms with van der Waals surface area (Å²) >= 11 is 0. The second-order valence-electron chi connectivity index (χ2n) is 8.63. The fourth-order valence-electron chi connectivity index (χ4n) is 5.09. The van der Waals surface area contributed by atoms with Gasteiger partial charge >= 0.3 is 11.9 Å². The molecule has 0 aromatic carbocycles. The average Bonchev–Trinajstić information content (AvgIpc) is 3.04. The highest BCUT2D eigenvalue weighted by molar-refractivity contribution is 5.76. The maximum atomic E-state index is 12.6. The molecule has 0 aromatic heterocycles. The van der Waals surface area contributed by atoms with E-state index in [-0.39, 0.29) is 35.7 Å². The van der Waals surface area contributed by atoms with E-state index in [9.17, 15) is 14.7 Å². The molecule has 1 aliphatic heterocycles. The molecule has 0 unspecified atom stereocenters. The molecule has 5 heteroatoms. The molecule has 0 amide bonds. The van der Waals surface area contributed by atoms with Crippen molar-refractivity contribution in [2.45, 2.75) is 58.1 Å². The van der Waals surface area contributed by atoms with Crippen LogP contribution in [0.3, 0.4) is 0 Å². The molecule has 0 bridgehead atoms. The second kappa shape index (κ2) is 7.55. The number of carboxylic acids is 1. The highest BCUT2D eigenvalue weighted by Gasteiger charge is 2.53. The van der Waals surface area contributed by atoms with Gasteiger partial charge in [0.05, 0.1) is 5.92 Å². The van der Waals surface area contributed by atoms with Gasteiger partial charge in [-0.3, -0.25) is 9.59 Å². The molecule has 144 valence electrons. The van der Waals surface area contributed by atoms with Crippen molar-refractivity contribution in [3.63, 3.8) is 0 Å². The number of carbonyl (C=O) groups excluding carboxylic acids is 1. The highest BCUT2D eigenvalue weighted by atomic mass is 16.6. The number of hydrogen-bond donors (Lipinski definition) is 2. The molecule has 6 atom stereocenters. The van der Waals surface area contributed by atoms with Gasteiger partial charge in [0, 0.05) is 18.4 Å². The average molecular weight is 361 g/mol. The van der Waals surface area contributed by atoms with Crippen LogP contribution in [0.5, 0.6) is 0 Å². The van der Waals surface area contributed by atoms with Crippen LogP contribution >= 0.6 is 0 Å². The third-order valence-electron chi connectivity index (χ3n) is 6.44.